The van der Waals surface area contributed by atoms with Crippen LogP contribution in [0, 0.1) is 0 Å². The number of piperidine rings is 1. The van der Waals surface area contributed by atoms with Gasteiger partial charge in [0.25, 0.3) is 0 Å². The second-order valence-electron chi connectivity index (χ2n) is 6.58. The molecule has 1 fully saturated rings. The van der Waals surface area contributed by atoms with Crippen molar-refractivity contribution in [2.45, 2.75) is 57.7 Å². The molecule has 110 valence electrons. The number of carbonyl (C=O) groups excluding carboxylic acids is 1. The fourth-order valence-electron chi connectivity index (χ4n) is 2.83. The lowest BCUT2D eigenvalue weighted by atomic mass is 9.80. The van der Waals surface area contributed by atoms with Crippen molar-refractivity contribution < 1.29 is 14.7 Å². The highest BCUT2D eigenvalue weighted by Crippen LogP contribution is 2.38. The molecule has 1 atom stereocenters. The quantitative estimate of drug-likeness (QED) is 0.843. The van der Waals surface area contributed by atoms with Gasteiger partial charge in [-0.1, -0.05) is 18.2 Å². The Hall–Kier alpha value is -1.39. The molecule has 2 rings (SSSR count). The minimum atomic E-state index is -0.605. The summed E-state index contributed by atoms with van der Waals surface area (Å²) >= 11 is 0. The third kappa shape index (κ3) is 2.72. The second-order valence-corrected chi connectivity index (χ2v) is 6.58. The lowest BCUT2D eigenvalue weighted by molar-refractivity contribution is -0.269. The third-order valence-electron chi connectivity index (χ3n) is 4.18. The Balaban J connectivity index is 2.12. The van der Waals surface area contributed by atoms with Gasteiger partial charge in [-0.25, -0.2) is 4.79 Å². The molecule has 1 aliphatic rings. The molecule has 1 N–H and O–H groups in total. The van der Waals surface area contributed by atoms with Gasteiger partial charge < -0.3 is 9.94 Å². The minimum absolute atomic E-state index is 0.306. The van der Waals surface area contributed by atoms with Gasteiger partial charge in [0.15, 0.2) is 0 Å². The molecule has 0 saturated carbocycles. The first-order chi connectivity index (χ1) is 9.25. The van der Waals surface area contributed by atoms with Gasteiger partial charge >= 0.3 is 5.97 Å². The molecule has 1 aromatic rings. The van der Waals surface area contributed by atoms with Crippen LogP contribution in [0.4, 0.5) is 0 Å². The van der Waals surface area contributed by atoms with Crippen LogP contribution in [0.2, 0.25) is 0 Å². The molecule has 0 radical (unpaired) electrons. The lowest BCUT2D eigenvalue weighted by Crippen LogP contribution is -2.63. The number of hydrogen-bond donors (Lipinski definition) is 1. The Kier molecular flexibility index (Phi) is 3.89. The van der Waals surface area contributed by atoms with Crippen LogP contribution in [0.1, 0.15) is 50.9 Å². The van der Waals surface area contributed by atoms with Crippen molar-refractivity contribution in [3.63, 3.8) is 0 Å². The van der Waals surface area contributed by atoms with Gasteiger partial charge in [-0.05, 0) is 52.7 Å². The van der Waals surface area contributed by atoms with Crippen LogP contribution in [-0.4, -0.2) is 33.4 Å². The van der Waals surface area contributed by atoms with Crippen LogP contribution in [0.5, 0.6) is 0 Å². The van der Waals surface area contributed by atoms with Crippen LogP contribution >= 0.6 is 0 Å². The number of nitrogens with zero attached hydrogens (tertiary/aromatic N) is 1. The van der Waals surface area contributed by atoms with E-state index in [9.17, 15) is 10.0 Å². The summed E-state index contributed by atoms with van der Waals surface area (Å²) in [6.07, 6.45) is 1.20. The number of hydroxylamine groups is 2. The van der Waals surface area contributed by atoms with E-state index >= 15 is 0 Å². The smallest absolute Gasteiger partial charge is 0.338 e. The predicted octanol–water partition coefficient (Wildman–Crippen LogP) is 3.25. The number of benzene rings is 1. The Labute approximate surface area is 120 Å². The van der Waals surface area contributed by atoms with Gasteiger partial charge in [0, 0.05) is 5.54 Å². The van der Waals surface area contributed by atoms with Crippen LogP contribution < -0.4 is 0 Å². The molecule has 1 saturated heterocycles. The second kappa shape index (κ2) is 5.19. The van der Waals surface area contributed by atoms with E-state index in [1.807, 2.05) is 45.9 Å². The molecule has 1 aliphatic heterocycles. The standard InChI is InChI=1S/C16H23NO3/c1-15(2)11-10-13(16(3,4)17(15)19)20-14(18)12-8-6-5-7-9-12/h5-9,13,19H,10-11H2,1-4H3. The van der Waals surface area contributed by atoms with E-state index in [4.69, 9.17) is 4.74 Å². The van der Waals surface area contributed by atoms with E-state index in [1.54, 1.807) is 12.1 Å². The molecular weight excluding hydrogens is 254 g/mol. The maximum Gasteiger partial charge on any atom is 0.338 e. The Morgan fingerprint density at radius 2 is 1.85 bits per heavy atom. The van der Waals surface area contributed by atoms with Crippen molar-refractivity contribution >= 4 is 5.97 Å². The summed E-state index contributed by atoms with van der Waals surface area (Å²) in [4.78, 5) is 12.1. The van der Waals surface area contributed by atoms with Gasteiger partial charge in [-0.2, -0.15) is 5.06 Å². The molecule has 0 bridgehead atoms. The van der Waals surface area contributed by atoms with Crippen molar-refractivity contribution in [1.82, 2.24) is 5.06 Å². The zero-order valence-corrected chi connectivity index (χ0v) is 12.6. The first kappa shape index (κ1) is 15.0. The summed E-state index contributed by atoms with van der Waals surface area (Å²) in [6, 6.07) is 8.95. The lowest BCUT2D eigenvalue weighted by Gasteiger charge is -2.51. The molecule has 0 aliphatic carbocycles. The Bertz CT molecular complexity index is 482. The molecule has 4 nitrogen and oxygen atoms in total. The van der Waals surface area contributed by atoms with E-state index in [0.29, 0.717) is 5.56 Å². The molecule has 4 heteroatoms. The van der Waals surface area contributed by atoms with Crippen molar-refractivity contribution in [3.05, 3.63) is 35.9 Å². The van der Waals surface area contributed by atoms with Gasteiger partial charge in [0.2, 0.25) is 0 Å². The summed E-state index contributed by atoms with van der Waals surface area (Å²) in [6.45, 7) is 7.78. The molecule has 0 aromatic heterocycles. The van der Waals surface area contributed by atoms with Crippen LogP contribution in [0.3, 0.4) is 0 Å². The first-order valence-corrected chi connectivity index (χ1v) is 7.00. The Morgan fingerprint density at radius 3 is 2.45 bits per heavy atom. The van der Waals surface area contributed by atoms with Crippen LogP contribution in [-0.2, 0) is 4.74 Å². The predicted molar refractivity (Wildman–Crippen MR) is 76.7 cm³/mol. The molecular formula is C16H23NO3. The van der Waals surface area contributed by atoms with Crippen molar-refractivity contribution in [3.8, 4) is 0 Å². The van der Waals surface area contributed by atoms with Gasteiger partial charge in [-0.3, -0.25) is 0 Å². The maximum atomic E-state index is 12.1. The zero-order chi connectivity index (χ0) is 15.0. The van der Waals surface area contributed by atoms with E-state index in [1.165, 1.54) is 5.06 Å². The molecule has 1 aromatic carbocycles. The summed E-state index contributed by atoms with van der Waals surface area (Å²) in [5, 5.41) is 11.7. The van der Waals surface area contributed by atoms with E-state index < -0.39 is 5.54 Å². The average Bonchev–Trinajstić information content (AvgIpc) is 2.41. The van der Waals surface area contributed by atoms with Gasteiger partial charge in [0.1, 0.15) is 6.10 Å². The van der Waals surface area contributed by atoms with Gasteiger partial charge in [0.05, 0.1) is 11.1 Å². The van der Waals surface area contributed by atoms with E-state index in [2.05, 4.69) is 0 Å². The molecule has 20 heavy (non-hydrogen) atoms. The topological polar surface area (TPSA) is 49.8 Å². The zero-order valence-electron chi connectivity index (χ0n) is 12.6. The minimum Gasteiger partial charge on any atom is -0.457 e. The fraction of sp³-hybridized carbons (Fsp3) is 0.562. The largest absolute Gasteiger partial charge is 0.457 e. The molecule has 0 spiro atoms. The highest BCUT2D eigenvalue weighted by atomic mass is 16.6. The molecule has 1 heterocycles. The summed E-state index contributed by atoms with van der Waals surface area (Å²) in [7, 11) is 0. The number of hydrogen-bond acceptors (Lipinski definition) is 4. The monoisotopic (exact) mass is 277 g/mol. The van der Waals surface area contributed by atoms with Gasteiger partial charge in [-0.15, -0.1) is 0 Å². The van der Waals surface area contributed by atoms with E-state index in [0.717, 1.165) is 12.8 Å². The normalized spacial score (nSPS) is 25.1. The third-order valence-corrected chi connectivity index (χ3v) is 4.18. The van der Waals surface area contributed by atoms with Crippen molar-refractivity contribution in [1.29, 1.82) is 0 Å². The van der Waals surface area contributed by atoms with Crippen LogP contribution in [0.15, 0.2) is 30.3 Å². The summed E-state index contributed by atoms with van der Waals surface area (Å²) in [5.41, 5.74) is -0.372. The van der Waals surface area contributed by atoms with Crippen LogP contribution in [0.25, 0.3) is 0 Å². The number of esters is 1. The molecule has 1 unspecified atom stereocenters. The highest BCUT2D eigenvalue weighted by Gasteiger charge is 2.48. The number of ether oxygens (including phenoxy) is 1. The van der Waals surface area contributed by atoms with Crippen molar-refractivity contribution in [2.75, 3.05) is 0 Å². The number of rotatable bonds is 2. The summed E-state index contributed by atoms with van der Waals surface area (Å²) < 4.78 is 5.62. The highest BCUT2D eigenvalue weighted by molar-refractivity contribution is 5.89. The van der Waals surface area contributed by atoms with E-state index in [-0.39, 0.29) is 17.6 Å². The SMILES string of the molecule is CC1(C)CCC(OC(=O)c2ccccc2)C(C)(C)N1O. The van der Waals surface area contributed by atoms with Crippen molar-refractivity contribution in [2.24, 2.45) is 0 Å². The average molecular weight is 277 g/mol. The maximum absolute atomic E-state index is 12.1. The molecule has 0 amide bonds. The number of carbonyl (C=O) groups is 1. The first-order valence-electron chi connectivity index (χ1n) is 7.00. The Morgan fingerprint density at radius 1 is 1.25 bits per heavy atom. The fourth-order valence-corrected chi connectivity index (χ4v) is 2.83. The summed E-state index contributed by atoms with van der Waals surface area (Å²) in [5.74, 6) is -0.336.